The molecule has 2 aromatic carbocycles. The topological polar surface area (TPSA) is 66.5 Å². The van der Waals surface area contributed by atoms with E-state index in [9.17, 15) is 13.2 Å². The van der Waals surface area contributed by atoms with Gasteiger partial charge in [0.05, 0.1) is 10.9 Å². The maximum Gasteiger partial charge on any atom is 0.251 e. The minimum absolute atomic E-state index is 0.138. The third kappa shape index (κ3) is 4.91. The second-order valence-electron chi connectivity index (χ2n) is 6.00. The van der Waals surface area contributed by atoms with Crippen LogP contribution in [0.4, 0.5) is 0 Å². The van der Waals surface area contributed by atoms with Crippen molar-refractivity contribution in [3.63, 3.8) is 0 Å². The summed E-state index contributed by atoms with van der Waals surface area (Å²) in [7, 11) is 0.527. The Morgan fingerprint density at radius 2 is 1.75 bits per heavy atom. The van der Waals surface area contributed by atoms with Crippen molar-refractivity contribution in [1.82, 2.24) is 10.2 Å². The second kappa shape index (κ2) is 7.59. The zero-order valence-corrected chi connectivity index (χ0v) is 14.9. The van der Waals surface area contributed by atoms with Gasteiger partial charge in [-0.25, -0.2) is 8.42 Å². The van der Waals surface area contributed by atoms with Crippen LogP contribution in [0.15, 0.2) is 59.5 Å². The Morgan fingerprint density at radius 3 is 2.33 bits per heavy atom. The molecule has 0 radical (unpaired) electrons. The second-order valence-corrected chi connectivity index (χ2v) is 8.01. The van der Waals surface area contributed by atoms with Crippen molar-refractivity contribution < 1.29 is 13.2 Å². The van der Waals surface area contributed by atoms with Gasteiger partial charge < -0.3 is 10.2 Å². The van der Waals surface area contributed by atoms with Crippen molar-refractivity contribution >= 4 is 15.7 Å². The molecule has 0 saturated heterocycles. The number of likely N-dealkylation sites (N-methyl/N-ethyl adjacent to an activating group) is 1. The lowest BCUT2D eigenvalue weighted by atomic mass is 10.1. The molecular formula is C18H22N2O3S. The molecule has 0 spiro atoms. The summed E-state index contributed by atoms with van der Waals surface area (Å²) in [6.07, 6.45) is 1.13. The molecule has 0 unspecified atom stereocenters. The minimum Gasteiger partial charge on any atom is -0.344 e. The SMILES string of the molecule is CN(C)C[C@H](NC(=O)c1cccc(S(C)(=O)=O)c1)c1ccccc1. The van der Waals surface area contributed by atoms with Gasteiger partial charge in [-0.1, -0.05) is 36.4 Å². The first-order valence-electron chi connectivity index (χ1n) is 7.58. The number of amides is 1. The van der Waals surface area contributed by atoms with E-state index in [1.807, 2.05) is 49.3 Å². The molecule has 1 N–H and O–H groups in total. The maximum absolute atomic E-state index is 12.6. The van der Waals surface area contributed by atoms with Gasteiger partial charge in [0.25, 0.3) is 5.91 Å². The van der Waals surface area contributed by atoms with Crippen LogP contribution in [0.2, 0.25) is 0 Å². The number of hydrogen-bond donors (Lipinski definition) is 1. The summed E-state index contributed by atoms with van der Waals surface area (Å²) >= 11 is 0. The average Bonchev–Trinajstić information content (AvgIpc) is 2.54. The molecule has 5 nitrogen and oxygen atoms in total. The van der Waals surface area contributed by atoms with Crippen LogP contribution in [0.1, 0.15) is 22.0 Å². The van der Waals surface area contributed by atoms with Gasteiger partial charge in [0.15, 0.2) is 9.84 Å². The monoisotopic (exact) mass is 346 g/mol. The fourth-order valence-electron chi connectivity index (χ4n) is 2.39. The Bertz CT molecular complexity index is 802. The quantitative estimate of drug-likeness (QED) is 0.870. The summed E-state index contributed by atoms with van der Waals surface area (Å²) in [5.41, 5.74) is 1.33. The molecule has 6 heteroatoms. The van der Waals surface area contributed by atoms with E-state index in [-0.39, 0.29) is 16.8 Å². The first-order valence-corrected chi connectivity index (χ1v) is 9.47. The number of carbonyl (C=O) groups is 1. The predicted octanol–water partition coefficient (Wildman–Crippen LogP) is 2.12. The molecule has 2 aromatic rings. The molecule has 2 rings (SSSR count). The van der Waals surface area contributed by atoms with Gasteiger partial charge in [0.1, 0.15) is 0 Å². The summed E-state index contributed by atoms with van der Waals surface area (Å²) in [5.74, 6) is -0.295. The fourth-order valence-corrected chi connectivity index (χ4v) is 3.06. The van der Waals surface area contributed by atoms with Crippen LogP contribution in [0.25, 0.3) is 0 Å². The standard InChI is InChI=1S/C18H22N2O3S/c1-20(2)13-17(14-8-5-4-6-9-14)19-18(21)15-10-7-11-16(12-15)24(3,22)23/h4-12,17H,13H2,1-3H3,(H,19,21)/t17-/m0/s1. The van der Waals surface area contributed by atoms with Gasteiger partial charge in [-0.3, -0.25) is 4.79 Å². The normalized spacial score (nSPS) is 12.8. The van der Waals surface area contributed by atoms with Gasteiger partial charge in [-0.2, -0.15) is 0 Å². The number of rotatable bonds is 6. The van der Waals surface area contributed by atoms with E-state index in [1.54, 1.807) is 12.1 Å². The summed E-state index contributed by atoms with van der Waals surface area (Å²) in [6.45, 7) is 0.640. The first-order chi connectivity index (χ1) is 11.3. The lowest BCUT2D eigenvalue weighted by Crippen LogP contribution is -2.35. The fraction of sp³-hybridized carbons (Fsp3) is 0.278. The van der Waals surface area contributed by atoms with Crippen LogP contribution in [0.5, 0.6) is 0 Å². The maximum atomic E-state index is 12.6. The van der Waals surface area contributed by atoms with Gasteiger partial charge in [0.2, 0.25) is 0 Å². The third-order valence-electron chi connectivity index (χ3n) is 3.58. The molecule has 0 aliphatic carbocycles. The number of benzene rings is 2. The molecule has 0 heterocycles. The highest BCUT2D eigenvalue weighted by atomic mass is 32.2. The summed E-state index contributed by atoms with van der Waals surface area (Å²) in [4.78, 5) is 14.7. The van der Waals surface area contributed by atoms with Gasteiger partial charge in [0, 0.05) is 18.4 Å². The smallest absolute Gasteiger partial charge is 0.251 e. The Hall–Kier alpha value is -2.18. The van der Waals surface area contributed by atoms with Crippen molar-refractivity contribution in [1.29, 1.82) is 0 Å². The lowest BCUT2D eigenvalue weighted by molar-refractivity contribution is 0.0929. The molecular weight excluding hydrogens is 324 g/mol. The predicted molar refractivity (Wildman–Crippen MR) is 94.8 cm³/mol. The molecule has 0 bridgehead atoms. The lowest BCUT2D eigenvalue weighted by Gasteiger charge is -2.23. The Labute approximate surface area is 143 Å². The third-order valence-corrected chi connectivity index (χ3v) is 4.69. The van der Waals surface area contributed by atoms with Crippen molar-refractivity contribution in [2.24, 2.45) is 0 Å². The summed E-state index contributed by atoms with van der Waals surface area (Å²) in [6, 6.07) is 15.6. The van der Waals surface area contributed by atoms with Crippen LogP contribution in [0, 0.1) is 0 Å². The van der Waals surface area contributed by atoms with Crippen molar-refractivity contribution in [3.8, 4) is 0 Å². The molecule has 0 aliphatic heterocycles. The molecule has 0 aromatic heterocycles. The molecule has 1 atom stereocenters. The van der Waals surface area contributed by atoms with Crippen LogP contribution >= 0.6 is 0 Å². The first kappa shape index (κ1) is 18.2. The molecule has 24 heavy (non-hydrogen) atoms. The molecule has 0 saturated carbocycles. The largest absolute Gasteiger partial charge is 0.344 e. The zero-order valence-electron chi connectivity index (χ0n) is 14.1. The van der Waals surface area contributed by atoms with E-state index in [1.165, 1.54) is 12.1 Å². The van der Waals surface area contributed by atoms with Crippen LogP contribution < -0.4 is 5.32 Å². The number of carbonyl (C=O) groups excluding carboxylic acids is 1. The molecule has 128 valence electrons. The van der Waals surface area contributed by atoms with Crippen molar-refractivity contribution in [3.05, 3.63) is 65.7 Å². The molecule has 0 aliphatic rings. The average molecular weight is 346 g/mol. The Balaban J connectivity index is 2.25. The summed E-state index contributed by atoms with van der Waals surface area (Å²) < 4.78 is 23.3. The van der Waals surface area contributed by atoms with E-state index >= 15 is 0 Å². The van der Waals surface area contributed by atoms with Crippen molar-refractivity contribution in [2.75, 3.05) is 26.9 Å². The molecule has 0 fully saturated rings. The highest BCUT2D eigenvalue weighted by molar-refractivity contribution is 7.90. The van der Waals surface area contributed by atoms with Gasteiger partial charge in [-0.15, -0.1) is 0 Å². The van der Waals surface area contributed by atoms with Crippen LogP contribution in [0.3, 0.4) is 0 Å². The van der Waals surface area contributed by atoms with Gasteiger partial charge >= 0.3 is 0 Å². The van der Waals surface area contributed by atoms with Crippen LogP contribution in [-0.4, -0.2) is 46.1 Å². The van der Waals surface area contributed by atoms with Gasteiger partial charge in [-0.05, 0) is 37.9 Å². The number of nitrogens with one attached hydrogen (secondary N) is 1. The number of nitrogens with zero attached hydrogens (tertiary/aromatic N) is 1. The van der Waals surface area contributed by atoms with E-state index < -0.39 is 9.84 Å². The Kier molecular flexibility index (Phi) is 5.75. The highest BCUT2D eigenvalue weighted by Gasteiger charge is 2.18. The van der Waals surface area contributed by atoms with Crippen LogP contribution in [-0.2, 0) is 9.84 Å². The van der Waals surface area contributed by atoms with E-state index in [4.69, 9.17) is 0 Å². The number of hydrogen-bond acceptors (Lipinski definition) is 4. The zero-order chi connectivity index (χ0) is 17.7. The molecule has 1 amide bonds. The van der Waals surface area contributed by atoms with E-state index in [0.717, 1.165) is 11.8 Å². The number of sulfone groups is 1. The Morgan fingerprint density at radius 1 is 1.08 bits per heavy atom. The van der Waals surface area contributed by atoms with E-state index in [0.29, 0.717) is 12.1 Å². The highest BCUT2D eigenvalue weighted by Crippen LogP contribution is 2.16. The van der Waals surface area contributed by atoms with E-state index in [2.05, 4.69) is 5.32 Å². The summed E-state index contributed by atoms with van der Waals surface area (Å²) in [5, 5.41) is 2.98. The minimum atomic E-state index is -3.35. The van der Waals surface area contributed by atoms with Crippen molar-refractivity contribution in [2.45, 2.75) is 10.9 Å².